The zero-order chi connectivity index (χ0) is 14.1. The molecule has 3 rings (SSSR count). The molecule has 2 unspecified atom stereocenters. The number of benzene rings is 1. The van der Waals surface area contributed by atoms with Crippen molar-refractivity contribution in [1.82, 2.24) is 10.2 Å². The van der Waals surface area contributed by atoms with Crippen molar-refractivity contribution in [1.29, 1.82) is 0 Å². The van der Waals surface area contributed by atoms with E-state index in [2.05, 4.69) is 5.32 Å². The monoisotopic (exact) mass is 274 g/mol. The van der Waals surface area contributed by atoms with Crippen LogP contribution in [0, 0.1) is 0 Å². The van der Waals surface area contributed by atoms with Crippen molar-refractivity contribution in [3.05, 3.63) is 29.8 Å². The van der Waals surface area contributed by atoms with Crippen LogP contribution in [-0.2, 0) is 9.59 Å². The van der Waals surface area contributed by atoms with Gasteiger partial charge in [0.25, 0.3) is 0 Å². The zero-order valence-electron chi connectivity index (χ0n) is 11.5. The van der Waals surface area contributed by atoms with Crippen LogP contribution >= 0.6 is 0 Å². The first-order valence-electron chi connectivity index (χ1n) is 6.94. The van der Waals surface area contributed by atoms with Crippen LogP contribution in [0.5, 0.6) is 5.75 Å². The van der Waals surface area contributed by atoms with Gasteiger partial charge < -0.3 is 15.0 Å². The van der Waals surface area contributed by atoms with Gasteiger partial charge in [-0.1, -0.05) is 18.2 Å². The molecule has 1 aromatic carbocycles. The Bertz CT molecular complexity index is 544. The molecule has 0 radical (unpaired) electrons. The zero-order valence-corrected chi connectivity index (χ0v) is 11.5. The van der Waals surface area contributed by atoms with Crippen LogP contribution in [0.25, 0.3) is 0 Å². The minimum Gasteiger partial charge on any atom is -0.493 e. The van der Waals surface area contributed by atoms with Crippen LogP contribution in [0.1, 0.15) is 30.9 Å². The molecule has 1 N–H and O–H groups in total. The summed E-state index contributed by atoms with van der Waals surface area (Å²) < 4.78 is 5.62. The predicted octanol–water partition coefficient (Wildman–Crippen LogP) is 1.25. The van der Waals surface area contributed by atoms with Crippen LogP contribution < -0.4 is 10.1 Å². The highest BCUT2D eigenvalue weighted by atomic mass is 16.5. The SMILES string of the molecule is CN(C(=O)C1CCC(=O)N1)C1CCOc2ccccc21. The molecule has 0 saturated carbocycles. The summed E-state index contributed by atoms with van der Waals surface area (Å²) in [6, 6.07) is 7.46. The lowest BCUT2D eigenvalue weighted by Gasteiger charge is -2.34. The van der Waals surface area contributed by atoms with Gasteiger partial charge in [0.2, 0.25) is 11.8 Å². The third-order valence-corrected chi connectivity index (χ3v) is 4.04. The minimum atomic E-state index is -0.373. The average Bonchev–Trinajstić information content (AvgIpc) is 2.91. The maximum atomic E-state index is 12.5. The van der Waals surface area contributed by atoms with E-state index in [0.717, 1.165) is 17.7 Å². The standard InChI is InChI=1S/C15H18N2O3/c1-17(15(19)11-6-7-14(18)16-11)12-8-9-20-13-5-3-2-4-10(12)13/h2-5,11-12H,6-9H2,1H3,(H,16,18). The largest absolute Gasteiger partial charge is 0.493 e. The second-order valence-electron chi connectivity index (χ2n) is 5.30. The van der Waals surface area contributed by atoms with Crippen molar-refractivity contribution in [3.8, 4) is 5.75 Å². The number of hydrogen-bond donors (Lipinski definition) is 1. The Balaban J connectivity index is 1.79. The van der Waals surface area contributed by atoms with Crippen molar-refractivity contribution < 1.29 is 14.3 Å². The van der Waals surface area contributed by atoms with Crippen LogP contribution in [0.15, 0.2) is 24.3 Å². The predicted molar refractivity (Wildman–Crippen MR) is 73.2 cm³/mol. The van der Waals surface area contributed by atoms with Crippen LogP contribution in [0.2, 0.25) is 0 Å². The van der Waals surface area contributed by atoms with Crippen LogP contribution in [0.3, 0.4) is 0 Å². The van der Waals surface area contributed by atoms with E-state index in [1.54, 1.807) is 11.9 Å². The van der Waals surface area contributed by atoms with Gasteiger partial charge in [-0.25, -0.2) is 0 Å². The molecule has 0 spiro atoms. The van der Waals surface area contributed by atoms with Gasteiger partial charge in [-0.2, -0.15) is 0 Å². The number of rotatable bonds is 2. The number of nitrogens with one attached hydrogen (secondary N) is 1. The highest BCUT2D eigenvalue weighted by molar-refractivity contribution is 5.90. The Morgan fingerprint density at radius 3 is 2.90 bits per heavy atom. The fourth-order valence-electron chi connectivity index (χ4n) is 2.92. The van der Waals surface area contributed by atoms with Crippen molar-refractivity contribution in [2.45, 2.75) is 31.3 Å². The number of carbonyl (C=O) groups excluding carboxylic acids is 2. The Kier molecular flexibility index (Phi) is 3.34. The lowest BCUT2D eigenvalue weighted by Crippen LogP contribution is -2.45. The van der Waals surface area contributed by atoms with E-state index in [4.69, 9.17) is 4.74 Å². The molecule has 5 nitrogen and oxygen atoms in total. The molecule has 2 aliphatic rings. The van der Waals surface area contributed by atoms with E-state index in [1.807, 2.05) is 24.3 Å². The summed E-state index contributed by atoms with van der Waals surface area (Å²) >= 11 is 0. The maximum absolute atomic E-state index is 12.5. The summed E-state index contributed by atoms with van der Waals surface area (Å²) in [4.78, 5) is 25.5. The Morgan fingerprint density at radius 1 is 1.35 bits per heavy atom. The molecular formula is C15H18N2O3. The van der Waals surface area contributed by atoms with Gasteiger partial charge in [0, 0.05) is 25.5 Å². The Hall–Kier alpha value is -2.04. The van der Waals surface area contributed by atoms with E-state index < -0.39 is 0 Å². The molecule has 0 bridgehead atoms. The summed E-state index contributed by atoms with van der Waals surface area (Å²) in [5.74, 6) is 0.792. The molecule has 1 fully saturated rings. The smallest absolute Gasteiger partial charge is 0.245 e. The molecule has 2 atom stereocenters. The molecule has 1 aromatic rings. The molecule has 2 amide bonds. The van der Waals surface area contributed by atoms with E-state index in [0.29, 0.717) is 19.4 Å². The normalized spacial score (nSPS) is 24.6. The van der Waals surface area contributed by atoms with E-state index in [9.17, 15) is 9.59 Å². The van der Waals surface area contributed by atoms with Crippen molar-refractivity contribution in [2.75, 3.05) is 13.7 Å². The number of nitrogens with zero attached hydrogens (tertiary/aromatic N) is 1. The summed E-state index contributed by atoms with van der Waals surface area (Å²) in [5, 5.41) is 2.74. The van der Waals surface area contributed by atoms with Crippen LogP contribution in [0.4, 0.5) is 0 Å². The highest BCUT2D eigenvalue weighted by Gasteiger charge is 2.34. The molecule has 20 heavy (non-hydrogen) atoms. The fraction of sp³-hybridized carbons (Fsp3) is 0.467. The quantitative estimate of drug-likeness (QED) is 0.883. The van der Waals surface area contributed by atoms with Crippen molar-refractivity contribution in [3.63, 3.8) is 0 Å². The number of hydrogen-bond acceptors (Lipinski definition) is 3. The first-order chi connectivity index (χ1) is 9.66. The second-order valence-corrected chi connectivity index (χ2v) is 5.30. The van der Waals surface area contributed by atoms with Crippen molar-refractivity contribution >= 4 is 11.8 Å². The molecule has 2 heterocycles. The average molecular weight is 274 g/mol. The van der Waals surface area contributed by atoms with Gasteiger partial charge in [-0.3, -0.25) is 9.59 Å². The summed E-state index contributed by atoms with van der Waals surface area (Å²) in [6.45, 7) is 0.607. The first-order valence-corrected chi connectivity index (χ1v) is 6.94. The number of amides is 2. The molecular weight excluding hydrogens is 256 g/mol. The Labute approximate surface area is 117 Å². The lowest BCUT2D eigenvalue weighted by molar-refractivity contribution is -0.135. The molecule has 0 aromatic heterocycles. The van der Waals surface area contributed by atoms with Gasteiger partial charge in [-0.15, -0.1) is 0 Å². The van der Waals surface area contributed by atoms with Gasteiger partial charge in [0.05, 0.1) is 12.6 Å². The maximum Gasteiger partial charge on any atom is 0.245 e. The lowest BCUT2D eigenvalue weighted by atomic mass is 9.98. The summed E-state index contributed by atoms with van der Waals surface area (Å²) in [6.07, 6.45) is 1.81. The Morgan fingerprint density at radius 2 is 2.15 bits per heavy atom. The van der Waals surface area contributed by atoms with Crippen molar-refractivity contribution in [2.24, 2.45) is 0 Å². The third kappa shape index (κ3) is 2.24. The third-order valence-electron chi connectivity index (χ3n) is 4.04. The highest BCUT2D eigenvalue weighted by Crippen LogP contribution is 2.35. The number of carbonyl (C=O) groups is 2. The minimum absolute atomic E-state index is 0.0162. The number of ether oxygens (including phenoxy) is 1. The van der Waals surface area contributed by atoms with Gasteiger partial charge in [0.15, 0.2) is 0 Å². The van der Waals surface area contributed by atoms with Gasteiger partial charge >= 0.3 is 0 Å². The molecule has 1 saturated heterocycles. The second kappa shape index (κ2) is 5.15. The van der Waals surface area contributed by atoms with E-state index in [-0.39, 0.29) is 23.9 Å². The van der Waals surface area contributed by atoms with E-state index in [1.165, 1.54) is 0 Å². The number of fused-ring (bicyclic) bond motifs is 1. The topological polar surface area (TPSA) is 58.6 Å². The van der Waals surface area contributed by atoms with Crippen LogP contribution in [-0.4, -0.2) is 36.4 Å². The first kappa shape index (κ1) is 13.0. The molecule has 106 valence electrons. The summed E-state index contributed by atoms with van der Waals surface area (Å²) in [7, 11) is 1.81. The molecule has 2 aliphatic heterocycles. The van der Waals surface area contributed by atoms with Gasteiger partial charge in [-0.05, 0) is 12.5 Å². The number of likely N-dealkylation sites (N-methyl/N-ethyl adjacent to an activating group) is 1. The fourth-order valence-corrected chi connectivity index (χ4v) is 2.92. The molecule has 5 heteroatoms. The van der Waals surface area contributed by atoms with E-state index >= 15 is 0 Å². The number of para-hydroxylation sites is 1. The summed E-state index contributed by atoms with van der Waals surface area (Å²) in [5.41, 5.74) is 1.04. The molecule has 0 aliphatic carbocycles. The van der Waals surface area contributed by atoms with Gasteiger partial charge in [0.1, 0.15) is 11.8 Å².